The molecule has 0 aliphatic rings. The number of rotatable bonds is 5. The summed E-state index contributed by atoms with van der Waals surface area (Å²) < 4.78 is 16.0. The molecule has 30 heavy (non-hydrogen) atoms. The number of nitrogens with zero attached hydrogens (tertiary/aromatic N) is 2. The van der Waals surface area contributed by atoms with Gasteiger partial charge in [-0.1, -0.05) is 5.16 Å². The van der Waals surface area contributed by atoms with Crippen molar-refractivity contribution in [3.63, 3.8) is 0 Å². The highest BCUT2D eigenvalue weighted by Gasteiger charge is 2.21. The minimum absolute atomic E-state index is 0.285. The van der Waals surface area contributed by atoms with E-state index < -0.39 is 0 Å². The first-order valence-electron chi connectivity index (χ1n) is 9.29. The van der Waals surface area contributed by atoms with Gasteiger partial charge in [0.2, 0.25) is 0 Å². The average Bonchev–Trinajstić information content (AvgIpc) is 3.28. The maximum Gasteiger partial charge on any atom is 0.259 e. The Balaban J connectivity index is 1.78. The Morgan fingerprint density at radius 1 is 1.07 bits per heavy atom. The van der Waals surface area contributed by atoms with Gasteiger partial charge in [0, 0.05) is 27.1 Å². The first-order chi connectivity index (χ1) is 14.4. The molecule has 0 aliphatic carbocycles. The third kappa shape index (κ3) is 3.50. The highest BCUT2D eigenvalue weighted by molar-refractivity contribution is 7.12. The van der Waals surface area contributed by atoms with Crippen LogP contribution in [0.3, 0.4) is 0 Å². The van der Waals surface area contributed by atoms with E-state index in [-0.39, 0.29) is 5.91 Å². The predicted molar refractivity (Wildman–Crippen MR) is 117 cm³/mol. The van der Waals surface area contributed by atoms with Gasteiger partial charge in [0.1, 0.15) is 0 Å². The first-order valence-corrected chi connectivity index (χ1v) is 10.1. The van der Waals surface area contributed by atoms with Crippen molar-refractivity contribution in [2.24, 2.45) is 0 Å². The number of methoxy groups -OCH3 is 2. The van der Waals surface area contributed by atoms with Crippen LogP contribution in [0.1, 0.15) is 25.8 Å². The van der Waals surface area contributed by atoms with Crippen molar-refractivity contribution in [2.75, 3.05) is 19.5 Å². The number of pyridine rings is 1. The molecular weight excluding hydrogens is 402 g/mol. The zero-order valence-corrected chi connectivity index (χ0v) is 18.1. The number of fused-ring (bicyclic) bond motifs is 1. The number of hydrogen-bond acceptors (Lipinski definition) is 7. The molecule has 0 bridgehead atoms. The van der Waals surface area contributed by atoms with E-state index in [0.29, 0.717) is 45.2 Å². The van der Waals surface area contributed by atoms with Gasteiger partial charge >= 0.3 is 0 Å². The number of nitrogens with one attached hydrogen (secondary N) is 1. The zero-order chi connectivity index (χ0) is 21.4. The average molecular weight is 423 g/mol. The van der Waals surface area contributed by atoms with Gasteiger partial charge in [-0.15, -0.1) is 11.3 Å². The van der Waals surface area contributed by atoms with Crippen LogP contribution in [0.15, 0.2) is 34.9 Å². The Labute approximate surface area is 177 Å². The summed E-state index contributed by atoms with van der Waals surface area (Å²) in [4.78, 5) is 20.1. The van der Waals surface area contributed by atoms with Crippen molar-refractivity contribution >= 4 is 34.0 Å². The lowest BCUT2D eigenvalue weighted by molar-refractivity contribution is 0.102. The predicted octanol–water partition coefficient (Wildman–Crippen LogP) is 5.15. The van der Waals surface area contributed by atoms with Crippen LogP contribution in [-0.4, -0.2) is 30.3 Å². The van der Waals surface area contributed by atoms with Crippen LogP contribution >= 0.6 is 11.3 Å². The Kier molecular flexibility index (Phi) is 5.17. The van der Waals surface area contributed by atoms with Gasteiger partial charge in [-0.05, 0) is 45.0 Å². The molecule has 0 saturated heterocycles. The van der Waals surface area contributed by atoms with Crippen molar-refractivity contribution in [3.05, 3.63) is 51.3 Å². The number of carbonyl (C=O) groups is 1. The SMILES string of the molecule is COc1ccc(NC(=O)c2cc(-c3cc(C)sc3C)nc3onc(C)c23)cc1OC. The highest BCUT2D eigenvalue weighted by Crippen LogP contribution is 2.34. The van der Waals surface area contributed by atoms with Crippen LogP contribution in [0, 0.1) is 20.8 Å². The van der Waals surface area contributed by atoms with E-state index in [2.05, 4.69) is 21.5 Å². The van der Waals surface area contributed by atoms with Gasteiger partial charge in [-0.2, -0.15) is 0 Å². The minimum atomic E-state index is -0.285. The number of benzene rings is 1. The normalized spacial score (nSPS) is 11.0. The Hall–Kier alpha value is -3.39. The van der Waals surface area contributed by atoms with E-state index in [1.165, 1.54) is 4.88 Å². The first kappa shape index (κ1) is 19.9. The van der Waals surface area contributed by atoms with Crippen LogP contribution in [-0.2, 0) is 0 Å². The molecule has 4 aromatic rings. The van der Waals surface area contributed by atoms with Crippen molar-refractivity contribution in [2.45, 2.75) is 20.8 Å². The number of aryl methyl sites for hydroxylation is 3. The smallest absolute Gasteiger partial charge is 0.259 e. The van der Waals surface area contributed by atoms with E-state index in [4.69, 9.17) is 14.0 Å². The third-order valence-corrected chi connectivity index (χ3v) is 5.79. The van der Waals surface area contributed by atoms with Crippen molar-refractivity contribution in [1.82, 2.24) is 10.1 Å². The van der Waals surface area contributed by atoms with Gasteiger partial charge < -0.3 is 19.3 Å². The van der Waals surface area contributed by atoms with Crippen molar-refractivity contribution in [1.29, 1.82) is 0 Å². The summed E-state index contributed by atoms with van der Waals surface area (Å²) in [6.45, 7) is 5.87. The maximum absolute atomic E-state index is 13.2. The molecule has 4 rings (SSSR count). The van der Waals surface area contributed by atoms with E-state index in [9.17, 15) is 4.79 Å². The molecule has 8 heteroatoms. The maximum atomic E-state index is 13.2. The van der Waals surface area contributed by atoms with Crippen LogP contribution in [0.4, 0.5) is 5.69 Å². The Morgan fingerprint density at radius 3 is 2.50 bits per heavy atom. The van der Waals surface area contributed by atoms with E-state index >= 15 is 0 Å². The summed E-state index contributed by atoms with van der Waals surface area (Å²) in [5.74, 6) is 0.829. The fraction of sp³-hybridized carbons (Fsp3) is 0.227. The second kappa shape index (κ2) is 7.79. The molecule has 0 atom stereocenters. The van der Waals surface area contributed by atoms with Gasteiger partial charge in [-0.25, -0.2) is 4.98 Å². The topological polar surface area (TPSA) is 86.5 Å². The number of amides is 1. The molecule has 0 unspecified atom stereocenters. The van der Waals surface area contributed by atoms with E-state index in [1.807, 2.05) is 13.8 Å². The summed E-state index contributed by atoms with van der Waals surface area (Å²) in [6.07, 6.45) is 0. The highest BCUT2D eigenvalue weighted by atomic mass is 32.1. The lowest BCUT2D eigenvalue weighted by Crippen LogP contribution is -2.13. The Morgan fingerprint density at radius 2 is 1.83 bits per heavy atom. The minimum Gasteiger partial charge on any atom is -0.493 e. The van der Waals surface area contributed by atoms with Crippen molar-refractivity contribution < 1.29 is 18.8 Å². The molecule has 1 amide bonds. The summed E-state index contributed by atoms with van der Waals surface area (Å²) in [7, 11) is 3.11. The number of ether oxygens (including phenoxy) is 2. The van der Waals surface area contributed by atoms with Crippen LogP contribution in [0.2, 0.25) is 0 Å². The molecule has 3 heterocycles. The summed E-state index contributed by atoms with van der Waals surface area (Å²) in [5, 5.41) is 7.53. The fourth-order valence-corrected chi connectivity index (χ4v) is 4.34. The van der Waals surface area contributed by atoms with Crippen LogP contribution in [0.5, 0.6) is 11.5 Å². The standard InChI is InChI=1S/C22H21N3O4S/c1-11-8-15(13(3)30-11)17-10-16(20-12(2)25-29-22(20)24-17)21(26)23-14-6-7-18(27-4)19(9-14)28-5/h6-10H,1-5H3,(H,23,26). The summed E-state index contributed by atoms with van der Waals surface area (Å²) in [5.41, 5.74) is 3.64. The quantitative estimate of drug-likeness (QED) is 0.478. The second-order valence-electron chi connectivity index (χ2n) is 6.85. The molecule has 0 radical (unpaired) electrons. The molecule has 0 fully saturated rings. The molecule has 1 N–H and O–H groups in total. The van der Waals surface area contributed by atoms with Crippen molar-refractivity contribution in [3.8, 4) is 22.8 Å². The zero-order valence-electron chi connectivity index (χ0n) is 17.3. The molecule has 0 saturated carbocycles. The molecule has 1 aromatic carbocycles. The number of thiophene rings is 1. The van der Waals surface area contributed by atoms with Gasteiger partial charge in [-0.3, -0.25) is 4.79 Å². The van der Waals surface area contributed by atoms with Gasteiger partial charge in [0.25, 0.3) is 11.6 Å². The fourth-order valence-electron chi connectivity index (χ4n) is 3.41. The lowest BCUT2D eigenvalue weighted by atomic mass is 10.1. The Bertz CT molecular complexity index is 1260. The largest absolute Gasteiger partial charge is 0.493 e. The summed E-state index contributed by atoms with van der Waals surface area (Å²) >= 11 is 1.69. The molecule has 0 aliphatic heterocycles. The molecule has 154 valence electrons. The molecule has 7 nitrogen and oxygen atoms in total. The molecule has 3 aromatic heterocycles. The number of anilines is 1. The van der Waals surface area contributed by atoms with Gasteiger partial charge in [0.05, 0.1) is 36.6 Å². The number of carbonyl (C=O) groups excluding carboxylic acids is 1. The van der Waals surface area contributed by atoms with Crippen LogP contribution < -0.4 is 14.8 Å². The molecular formula is C22H21N3O4S. The van der Waals surface area contributed by atoms with E-state index in [1.54, 1.807) is 56.7 Å². The number of hydrogen-bond donors (Lipinski definition) is 1. The third-order valence-electron chi connectivity index (χ3n) is 4.82. The van der Waals surface area contributed by atoms with Crippen LogP contribution in [0.25, 0.3) is 22.4 Å². The molecule has 0 spiro atoms. The number of aromatic nitrogens is 2. The van der Waals surface area contributed by atoms with Gasteiger partial charge in [0.15, 0.2) is 11.5 Å². The monoisotopic (exact) mass is 423 g/mol. The lowest BCUT2D eigenvalue weighted by Gasteiger charge is -2.11. The van der Waals surface area contributed by atoms with E-state index in [0.717, 1.165) is 10.4 Å². The second-order valence-corrected chi connectivity index (χ2v) is 8.31. The summed E-state index contributed by atoms with van der Waals surface area (Å²) in [6, 6.07) is 9.06.